The molecule has 2 fully saturated rings. The van der Waals surface area contributed by atoms with Gasteiger partial charge < -0.3 is 9.88 Å². The van der Waals surface area contributed by atoms with Gasteiger partial charge in [-0.15, -0.1) is 5.10 Å². The number of halogens is 1. The predicted molar refractivity (Wildman–Crippen MR) is 146 cm³/mol. The molecule has 6 rings (SSSR count). The number of rotatable bonds is 5. The van der Waals surface area contributed by atoms with Crippen molar-refractivity contribution in [2.24, 2.45) is 0 Å². The molecule has 1 saturated carbocycles. The van der Waals surface area contributed by atoms with E-state index >= 15 is 0 Å². The van der Waals surface area contributed by atoms with E-state index in [1.807, 2.05) is 41.9 Å². The Bertz CT molecular complexity index is 1480. The molecule has 2 aromatic carbocycles. The molecular weight excluding hydrogens is 486 g/mol. The van der Waals surface area contributed by atoms with Crippen molar-refractivity contribution >= 4 is 28.2 Å². The number of hydrogen-bond donors (Lipinski definition) is 1. The fourth-order valence-electron chi connectivity index (χ4n) is 6.04. The molecular formula is C28H32ClN7O. The van der Waals surface area contributed by atoms with Crippen LogP contribution in [0.2, 0.25) is 5.02 Å². The van der Waals surface area contributed by atoms with E-state index in [2.05, 4.69) is 49.4 Å². The highest BCUT2D eigenvalue weighted by Crippen LogP contribution is 2.35. The van der Waals surface area contributed by atoms with Crippen LogP contribution in [0.3, 0.4) is 0 Å². The summed E-state index contributed by atoms with van der Waals surface area (Å²) in [4.78, 5) is 21.5. The first-order chi connectivity index (χ1) is 18.0. The summed E-state index contributed by atoms with van der Waals surface area (Å²) in [6, 6.07) is 14.1. The topological polar surface area (TPSA) is 82.9 Å². The third-order valence-corrected chi connectivity index (χ3v) is 8.27. The number of aromatic amines is 1. The van der Waals surface area contributed by atoms with Crippen molar-refractivity contribution in [3.05, 3.63) is 80.4 Å². The van der Waals surface area contributed by atoms with Gasteiger partial charge in [-0.05, 0) is 71.8 Å². The van der Waals surface area contributed by atoms with Crippen molar-refractivity contribution in [3.63, 3.8) is 0 Å². The van der Waals surface area contributed by atoms with E-state index in [1.54, 1.807) is 0 Å². The number of pyridine rings is 1. The van der Waals surface area contributed by atoms with E-state index in [9.17, 15) is 4.79 Å². The average Bonchev–Trinajstić information content (AvgIpc) is 3.60. The van der Waals surface area contributed by atoms with Crippen molar-refractivity contribution in [3.8, 4) is 0 Å². The van der Waals surface area contributed by atoms with Crippen LogP contribution in [0.5, 0.6) is 0 Å². The van der Waals surface area contributed by atoms with Crippen molar-refractivity contribution in [1.82, 2.24) is 30.1 Å². The number of tetrazole rings is 1. The summed E-state index contributed by atoms with van der Waals surface area (Å²) in [7, 11) is 0. The Kier molecular flexibility index (Phi) is 6.46. The normalized spacial score (nSPS) is 18.1. The minimum Gasteiger partial charge on any atom is -0.369 e. The number of H-pyrrole nitrogens is 1. The van der Waals surface area contributed by atoms with Gasteiger partial charge in [-0.2, -0.15) is 0 Å². The summed E-state index contributed by atoms with van der Waals surface area (Å²) in [6.45, 7) is 7.35. The zero-order chi connectivity index (χ0) is 25.5. The number of piperazine rings is 1. The number of anilines is 1. The summed E-state index contributed by atoms with van der Waals surface area (Å²) in [5.74, 6) is 0.761. The Labute approximate surface area is 221 Å². The number of nitrogens with one attached hydrogen (secondary N) is 1. The molecule has 0 radical (unpaired) electrons. The minimum atomic E-state index is -0.327. The molecule has 37 heavy (non-hydrogen) atoms. The molecule has 9 heteroatoms. The van der Waals surface area contributed by atoms with E-state index in [1.165, 1.54) is 24.1 Å². The molecule has 0 unspecified atom stereocenters. The zero-order valence-electron chi connectivity index (χ0n) is 21.3. The Hall–Kier alpha value is -3.23. The molecule has 2 aliphatic rings. The third kappa shape index (κ3) is 4.53. The zero-order valence-corrected chi connectivity index (χ0v) is 22.1. The van der Waals surface area contributed by atoms with Gasteiger partial charge in [-0.25, -0.2) is 4.68 Å². The fourth-order valence-corrected chi connectivity index (χ4v) is 6.20. The molecule has 1 saturated heterocycles. The maximum absolute atomic E-state index is 13.6. The second kappa shape index (κ2) is 9.91. The molecule has 0 bridgehead atoms. The van der Waals surface area contributed by atoms with Crippen LogP contribution in [0.15, 0.2) is 47.3 Å². The molecule has 4 aromatic rings. The molecule has 2 aromatic heterocycles. The summed E-state index contributed by atoms with van der Waals surface area (Å²) in [6.07, 6.45) is 4.50. The molecule has 1 aliphatic carbocycles. The lowest BCUT2D eigenvalue weighted by Crippen LogP contribution is -2.49. The predicted octanol–water partition coefficient (Wildman–Crippen LogP) is 4.81. The highest BCUT2D eigenvalue weighted by Gasteiger charge is 2.35. The highest BCUT2D eigenvalue weighted by atomic mass is 35.5. The second-order valence-electron chi connectivity index (χ2n) is 10.4. The van der Waals surface area contributed by atoms with Gasteiger partial charge in [0.1, 0.15) is 6.04 Å². The summed E-state index contributed by atoms with van der Waals surface area (Å²) < 4.78 is 1.99. The fraction of sp³-hybridized carbons (Fsp3) is 0.429. The lowest BCUT2D eigenvalue weighted by Gasteiger charge is -2.40. The molecule has 3 heterocycles. The second-order valence-corrected chi connectivity index (χ2v) is 10.8. The van der Waals surface area contributed by atoms with Crippen molar-refractivity contribution in [1.29, 1.82) is 0 Å². The maximum Gasteiger partial charge on any atom is 0.253 e. The van der Waals surface area contributed by atoms with Gasteiger partial charge in [0.2, 0.25) is 0 Å². The molecule has 0 amide bonds. The lowest BCUT2D eigenvalue weighted by molar-refractivity contribution is 0.197. The van der Waals surface area contributed by atoms with Gasteiger partial charge in [0.05, 0.1) is 11.6 Å². The van der Waals surface area contributed by atoms with Crippen LogP contribution >= 0.6 is 11.6 Å². The lowest BCUT2D eigenvalue weighted by atomic mass is 10.0. The summed E-state index contributed by atoms with van der Waals surface area (Å²) in [5.41, 5.74) is 4.92. The molecule has 1 aliphatic heterocycles. The quantitative estimate of drug-likeness (QED) is 0.409. The third-order valence-electron chi connectivity index (χ3n) is 8.04. The SMILES string of the molecule is Cc1ccc(Cl)cc1N1CCN([C@H](c2cc3cccc(C)c3[nH]c2=O)c2nnnn2C2CCCC2)CC1. The van der Waals surface area contributed by atoms with E-state index < -0.39 is 0 Å². The molecule has 8 nitrogen and oxygen atoms in total. The van der Waals surface area contributed by atoms with E-state index in [4.69, 9.17) is 11.6 Å². The first kappa shape index (κ1) is 24.1. The Morgan fingerprint density at radius 2 is 1.78 bits per heavy atom. The smallest absolute Gasteiger partial charge is 0.253 e. The van der Waals surface area contributed by atoms with Crippen LogP contribution in [0, 0.1) is 13.8 Å². The van der Waals surface area contributed by atoms with Gasteiger partial charge in [0.25, 0.3) is 5.56 Å². The molecule has 1 atom stereocenters. The van der Waals surface area contributed by atoms with E-state index in [0.29, 0.717) is 5.56 Å². The molecule has 192 valence electrons. The Morgan fingerprint density at radius 3 is 2.57 bits per heavy atom. The summed E-state index contributed by atoms with van der Waals surface area (Å²) in [5, 5.41) is 14.8. The minimum absolute atomic E-state index is 0.0825. The van der Waals surface area contributed by atoms with E-state index in [0.717, 1.165) is 66.3 Å². The number of nitrogens with zero attached hydrogens (tertiary/aromatic N) is 6. The van der Waals surface area contributed by atoms with Crippen LogP contribution in [-0.2, 0) is 0 Å². The van der Waals surface area contributed by atoms with Gasteiger partial charge in [-0.1, -0.05) is 48.7 Å². The number of para-hydroxylation sites is 1. The standard InChI is InChI=1S/C28H32ClN7O/c1-18-10-11-21(29)17-24(18)34-12-14-35(15-13-34)26(27-31-32-33-36(27)22-8-3-4-9-22)23-16-20-7-5-6-19(2)25(20)30-28(23)37/h5-7,10-11,16-17,22,26H,3-4,8-9,12-15H2,1-2H3,(H,30,37)/t26-/m1/s1. The number of aryl methyl sites for hydroxylation is 2. The van der Waals surface area contributed by atoms with Crippen LogP contribution in [-0.4, -0.2) is 56.3 Å². The number of hydrogen-bond acceptors (Lipinski definition) is 6. The first-order valence-electron chi connectivity index (χ1n) is 13.1. The molecule has 1 N–H and O–H groups in total. The van der Waals surface area contributed by atoms with Gasteiger partial charge in [-0.3, -0.25) is 9.69 Å². The summed E-state index contributed by atoms with van der Waals surface area (Å²) >= 11 is 6.32. The van der Waals surface area contributed by atoms with Crippen LogP contribution in [0.1, 0.15) is 60.3 Å². The van der Waals surface area contributed by atoms with Gasteiger partial charge >= 0.3 is 0 Å². The maximum atomic E-state index is 13.6. The number of fused-ring (bicyclic) bond motifs is 1. The van der Waals surface area contributed by atoms with Gasteiger partial charge in [0.15, 0.2) is 5.82 Å². The van der Waals surface area contributed by atoms with Crippen molar-refractivity contribution in [2.75, 3.05) is 31.1 Å². The van der Waals surface area contributed by atoms with Crippen molar-refractivity contribution in [2.45, 2.75) is 51.6 Å². The highest BCUT2D eigenvalue weighted by molar-refractivity contribution is 6.30. The Balaban J connectivity index is 1.39. The van der Waals surface area contributed by atoms with E-state index in [-0.39, 0.29) is 17.6 Å². The van der Waals surface area contributed by atoms with Crippen LogP contribution in [0.25, 0.3) is 10.9 Å². The largest absolute Gasteiger partial charge is 0.369 e. The van der Waals surface area contributed by atoms with Gasteiger partial charge in [0, 0.05) is 42.5 Å². The number of benzene rings is 2. The van der Waals surface area contributed by atoms with Crippen LogP contribution in [0.4, 0.5) is 5.69 Å². The first-order valence-corrected chi connectivity index (χ1v) is 13.5. The van der Waals surface area contributed by atoms with Crippen molar-refractivity contribution < 1.29 is 0 Å². The monoisotopic (exact) mass is 517 g/mol. The number of aromatic nitrogens is 5. The average molecular weight is 518 g/mol. The molecule has 0 spiro atoms. The van der Waals surface area contributed by atoms with Crippen LogP contribution < -0.4 is 10.5 Å². The Morgan fingerprint density at radius 1 is 1.00 bits per heavy atom.